The molecule has 1 aliphatic rings. The quantitative estimate of drug-likeness (QED) is 0.857. The van der Waals surface area contributed by atoms with Crippen molar-refractivity contribution in [2.45, 2.75) is 25.7 Å². The second kappa shape index (κ2) is 5.39. The molecule has 6 heteroatoms. The van der Waals surface area contributed by atoms with Crippen LogP contribution < -0.4 is 5.32 Å². The molecule has 3 rings (SSSR count). The van der Waals surface area contributed by atoms with E-state index in [1.54, 1.807) is 12.3 Å². The van der Waals surface area contributed by atoms with Gasteiger partial charge in [0.15, 0.2) is 5.78 Å². The van der Waals surface area contributed by atoms with Crippen molar-refractivity contribution >= 4 is 28.8 Å². The number of thiophene rings is 1. The number of aryl methyl sites for hydroxylation is 1. The van der Waals surface area contributed by atoms with Gasteiger partial charge in [-0.3, -0.25) is 4.79 Å². The SMILES string of the molecule is N#Cc1cc(Nc2ncc3c(n2)CCCCC3=O)cs1. The van der Waals surface area contributed by atoms with Crippen LogP contribution in [-0.2, 0) is 6.42 Å². The van der Waals surface area contributed by atoms with Crippen molar-refractivity contribution in [1.82, 2.24) is 9.97 Å². The zero-order valence-corrected chi connectivity index (χ0v) is 11.5. The number of anilines is 2. The van der Waals surface area contributed by atoms with Crippen LogP contribution in [-0.4, -0.2) is 15.8 Å². The van der Waals surface area contributed by atoms with Gasteiger partial charge in [-0.15, -0.1) is 11.3 Å². The summed E-state index contributed by atoms with van der Waals surface area (Å²) in [6, 6.07) is 3.84. The van der Waals surface area contributed by atoms with Crippen molar-refractivity contribution in [1.29, 1.82) is 5.26 Å². The van der Waals surface area contributed by atoms with E-state index in [4.69, 9.17) is 5.26 Å². The van der Waals surface area contributed by atoms with Gasteiger partial charge in [-0.2, -0.15) is 5.26 Å². The van der Waals surface area contributed by atoms with Gasteiger partial charge in [0, 0.05) is 18.0 Å². The van der Waals surface area contributed by atoms with Gasteiger partial charge in [0.25, 0.3) is 0 Å². The first-order chi connectivity index (χ1) is 9.76. The maximum atomic E-state index is 11.9. The Balaban J connectivity index is 1.86. The van der Waals surface area contributed by atoms with E-state index in [2.05, 4.69) is 21.4 Å². The Labute approximate surface area is 120 Å². The first-order valence-corrected chi connectivity index (χ1v) is 7.29. The molecule has 1 N–H and O–H groups in total. The Morgan fingerprint density at radius 2 is 2.20 bits per heavy atom. The third kappa shape index (κ3) is 2.53. The van der Waals surface area contributed by atoms with Gasteiger partial charge in [-0.25, -0.2) is 9.97 Å². The highest BCUT2D eigenvalue weighted by atomic mass is 32.1. The molecule has 0 amide bonds. The molecule has 0 spiro atoms. The monoisotopic (exact) mass is 284 g/mol. The van der Waals surface area contributed by atoms with Crippen molar-refractivity contribution < 1.29 is 4.79 Å². The molecule has 0 radical (unpaired) electrons. The summed E-state index contributed by atoms with van der Waals surface area (Å²) in [6.45, 7) is 0. The molecule has 0 aromatic carbocycles. The molecule has 0 atom stereocenters. The van der Waals surface area contributed by atoms with Crippen LogP contribution in [0.4, 0.5) is 11.6 Å². The number of Topliss-reactive ketones (excluding diaryl/α,β-unsaturated/α-hetero) is 1. The molecule has 0 unspecified atom stereocenters. The summed E-state index contributed by atoms with van der Waals surface area (Å²) in [6.07, 6.45) is 4.89. The van der Waals surface area contributed by atoms with Crippen molar-refractivity contribution in [3.8, 4) is 6.07 Å². The number of hydrogen-bond acceptors (Lipinski definition) is 6. The van der Waals surface area contributed by atoms with Gasteiger partial charge in [-0.05, 0) is 25.3 Å². The molecule has 0 fully saturated rings. The van der Waals surface area contributed by atoms with E-state index in [0.717, 1.165) is 30.6 Å². The van der Waals surface area contributed by atoms with Crippen molar-refractivity contribution in [2.24, 2.45) is 0 Å². The Morgan fingerprint density at radius 1 is 1.35 bits per heavy atom. The minimum atomic E-state index is 0.131. The summed E-state index contributed by atoms with van der Waals surface area (Å²) in [4.78, 5) is 21.1. The molecule has 2 heterocycles. The lowest BCUT2D eigenvalue weighted by atomic mass is 10.1. The molecule has 0 bridgehead atoms. The number of nitrogens with one attached hydrogen (secondary N) is 1. The molecule has 2 aromatic rings. The topological polar surface area (TPSA) is 78.7 Å². The minimum Gasteiger partial charge on any atom is -0.323 e. The van der Waals surface area contributed by atoms with Crippen LogP contribution in [0.3, 0.4) is 0 Å². The number of aromatic nitrogens is 2. The zero-order chi connectivity index (χ0) is 13.9. The Bertz CT molecular complexity index is 701. The van der Waals surface area contributed by atoms with Crippen LogP contribution in [0.25, 0.3) is 0 Å². The second-order valence-electron chi connectivity index (χ2n) is 4.62. The maximum absolute atomic E-state index is 11.9. The molecule has 100 valence electrons. The average Bonchev–Trinajstić information content (AvgIpc) is 2.83. The van der Waals surface area contributed by atoms with E-state index in [-0.39, 0.29) is 5.78 Å². The third-order valence-electron chi connectivity index (χ3n) is 3.20. The molecule has 0 aliphatic heterocycles. The summed E-state index contributed by atoms with van der Waals surface area (Å²) >= 11 is 1.37. The van der Waals surface area contributed by atoms with E-state index in [0.29, 0.717) is 22.8 Å². The molecule has 2 aromatic heterocycles. The lowest BCUT2D eigenvalue weighted by molar-refractivity contribution is 0.0981. The fraction of sp³-hybridized carbons (Fsp3) is 0.286. The molecule has 0 saturated carbocycles. The van der Waals surface area contributed by atoms with Crippen molar-refractivity contribution in [3.63, 3.8) is 0 Å². The fourth-order valence-electron chi connectivity index (χ4n) is 2.20. The van der Waals surface area contributed by atoms with Gasteiger partial charge in [0.1, 0.15) is 10.9 Å². The highest BCUT2D eigenvalue weighted by molar-refractivity contribution is 7.11. The molecular weight excluding hydrogens is 272 g/mol. The summed E-state index contributed by atoms with van der Waals surface area (Å²) in [5.74, 6) is 0.604. The number of carbonyl (C=O) groups excluding carboxylic acids is 1. The highest BCUT2D eigenvalue weighted by Crippen LogP contribution is 2.23. The lowest BCUT2D eigenvalue weighted by Crippen LogP contribution is -2.06. The van der Waals surface area contributed by atoms with Gasteiger partial charge in [-0.1, -0.05) is 0 Å². The lowest BCUT2D eigenvalue weighted by Gasteiger charge is -2.06. The standard InChI is InChI=1S/C14H12N4OS/c15-6-10-5-9(8-20-10)17-14-16-7-11-12(18-14)3-1-2-4-13(11)19/h5,7-8H,1-4H2,(H,16,17,18). The van der Waals surface area contributed by atoms with E-state index in [1.807, 2.05) is 5.38 Å². The predicted molar refractivity (Wildman–Crippen MR) is 76.2 cm³/mol. The van der Waals surface area contributed by atoms with Crippen LogP contribution in [0, 0.1) is 11.3 Å². The smallest absolute Gasteiger partial charge is 0.227 e. The molecule has 1 aliphatic carbocycles. The van der Waals surface area contributed by atoms with Crippen LogP contribution in [0.5, 0.6) is 0 Å². The summed E-state index contributed by atoms with van der Waals surface area (Å²) in [7, 11) is 0. The second-order valence-corrected chi connectivity index (χ2v) is 5.53. The zero-order valence-electron chi connectivity index (χ0n) is 10.7. The largest absolute Gasteiger partial charge is 0.323 e. The van der Waals surface area contributed by atoms with E-state index >= 15 is 0 Å². The van der Waals surface area contributed by atoms with E-state index < -0.39 is 0 Å². The highest BCUT2D eigenvalue weighted by Gasteiger charge is 2.17. The van der Waals surface area contributed by atoms with Gasteiger partial charge in [0.2, 0.25) is 5.95 Å². The van der Waals surface area contributed by atoms with Crippen LogP contribution in [0.1, 0.15) is 40.2 Å². The first kappa shape index (κ1) is 12.8. The Hall–Kier alpha value is -2.26. The summed E-state index contributed by atoms with van der Waals surface area (Å²) < 4.78 is 0. The van der Waals surface area contributed by atoms with Crippen LogP contribution >= 0.6 is 11.3 Å². The Morgan fingerprint density at radius 3 is 3.00 bits per heavy atom. The van der Waals surface area contributed by atoms with Crippen LogP contribution in [0.2, 0.25) is 0 Å². The molecular formula is C14H12N4OS. The fourth-order valence-corrected chi connectivity index (χ4v) is 2.83. The third-order valence-corrected chi connectivity index (χ3v) is 4.04. The number of ketones is 1. The molecule has 5 nitrogen and oxygen atoms in total. The first-order valence-electron chi connectivity index (χ1n) is 6.41. The van der Waals surface area contributed by atoms with Crippen molar-refractivity contribution in [3.05, 3.63) is 33.8 Å². The molecule has 20 heavy (non-hydrogen) atoms. The number of fused-ring (bicyclic) bond motifs is 1. The predicted octanol–water partition coefficient (Wildman–Crippen LogP) is 3.06. The van der Waals surface area contributed by atoms with Gasteiger partial charge < -0.3 is 5.32 Å². The van der Waals surface area contributed by atoms with Gasteiger partial charge >= 0.3 is 0 Å². The number of hydrogen-bond donors (Lipinski definition) is 1. The minimum absolute atomic E-state index is 0.131. The van der Waals surface area contributed by atoms with Crippen LogP contribution in [0.15, 0.2) is 17.6 Å². The summed E-state index contributed by atoms with van der Waals surface area (Å²) in [5, 5.41) is 13.7. The summed E-state index contributed by atoms with van der Waals surface area (Å²) in [5.41, 5.74) is 2.27. The number of nitriles is 1. The normalized spacial score (nSPS) is 14.2. The van der Waals surface area contributed by atoms with Crippen molar-refractivity contribution in [2.75, 3.05) is 5.32 Å². The Kier molecular flexibility index (Phi) is 3.44. The number of nitrogens with zero attached hydrogens (tertiary/aromatic N) is 3. The maximum Gasteiger partial charge on any atom is 0.227 e. The van der Waals surface area contributed by atoms with E-state index in [1.165, 1.54) is 11.3 Å². The number of rotatable bonds is 2. The average molecular weight is 284 g/mol. The number of carbonyl (C=O) groups is 1. The van der Waals surface area contributed by atoms with Gasteiger partial charge in [0.05, 0.1) is 16.9 Å². The molecule has 0 saturated heterocycles. The van der Waals surface area contributed by atoms with E-state index in [9.17, 15) is 4.79 Å².